The van der Waals surface area contributed by atoms with E-state index in [1.54, 1.807) is 13.1 Å². The highest BCUT2D eigenvalue weighted by Crippen LogP contribution is 2.15. The van der Waals surface area contributed by atoms with Crippen LogP contribution < -0.4 is 16.0 Å². The number of amides is 1. The van der Waals surface area contributed by atoms with Crippen molar-refractivity contribution in [1.82, 2.24) is 20.2 Å². The minimum atomic E-state index is -0.0782. The second-order valence-corrected chi connectivity index (χ2v) is 6.81. The third kappa shape index (κ3) is 7.01. The molecule has 2 heterocycles. The zero-order valence-corrected chi connectivity index (χ0v) is 19.7. The van der Waals surface area contributed by atoms with Crippen LogP contribution in [0.15, 0.2) is 59.7 Å². The Balaban J connectivity index is 0.00000320. The molecule has 0 radical (unpaired) electrons. The van der Waals surface area contributed by atoms with Crippen LogP contribution in [0.2, 0.25) is 0 Å². The number of anilines is 1. The van der Waals surface area contributed by atoms with Crippen molar-refractivity contribution in [2.75, 3.05) is 25.5 Å². The summed E-state index contributed by atoms with van der Waals surface area (Å²) in [6.07, 6.45) is 3.43. The van der Waals surface area contributed by atoms with Crippen molar-refractivity contribution in [1.29, 1.82) is 0 Å². The van der Waals surface area contributed by atoms with Crippen molar-refractivity contribution in [3.63, 3.8) is 0 Å². The number of pyridine rings is 1. The molecular formula is C22H29IN6O. The average molecular weight is 520 g/mol. The van der Waals surface area contributed by atoms with Crippen LogP contribution in [0.4, 0.5) is 5.82 Å². The highest BCUT2D eigenvalue weighted by atomic mass is 127. The van der Waals surface area contributed by atoms with E-state index >= 15 is 0 Å². The maximum absolute atomic E-state index is 12.0. The lowest BCUT2D eigenvalue weighted by Gasteiger charge is -2.12. The molecule has 3 N–H and O–H groups in total. The zero-order valence-electron chi connectivity index (χ0n) is 17.4. The fourth-order valence-corrected chi connectivity index (χ4v) is 3.12. The van der Waals surface area contributed by atoms with Gasteiger partial charge in [-0.3, -0.25) is 9.79 Å². The summed E-state index contributed by atoms with van der Waals surface area (Å²) in [7, 11) is 1.73. The molecule has 0 aliphatic heterocycles. The van der Waals surface area contributed by atoms with Crippen LogP contribution in [0.25, 0.3) is 10.9 Å². The molecule has 7 nitrogen and oxygen atoms in total. The summed E-state index contributed by atoms with van der Waals surface area (Å²) in [4.78, 5) is 20.5. The van der Waals surface area contributed by atoms with Crippen molar-refractivity contribution >= 4 is 52.6 Å². The topological polar surface area (TPSA) is 83.3 Å². The second kappa shape index (κ2) is 12.2. The molecule has 0 aliphatic rings. The standard InChI is InChI=1S/C22H28N6O.HI/c1-17-7-5-10-20(26-17)27-21(29)11-14-25-22(23-2)24-13-6-15-28-16-12-18-8-3-4-9-19(18)28;/h3-5,7-10,12,16H,6,11,13-15H2,1-2H3,(H2,23,24,25)(H,26,27,29);1H. The summed E-state index contributed by atoms with van der Waals surface area (Å²) in [6.45, 7) is 4.13. The molecule has 160 valence electrons. The molecule has 0 fully saturated rings. The van der Waals surface area contributed by atoms with Crippen molar-refractivity contribution in [2.24, 2.45) is 4.99 Å². The Labute approximate surface area is 194 Å². The number of aryl methyl sites for hydroxylation is 2. The minimum absolute atomic E-state index is 0. The van der Waals surface area contributed by atoms with E-state index in [4.69, 9.17) is 0 Å². The monoisotopic (exact) mass is 520 g/mol. The maximum atomic E-state index is 12.0. The number of benzene rings is 1. The maximum Gasteiger partial charge on any atom is 0.227 e. The molecule has 3 rings (SSSR count). The first-order valence-corrected chi connectivity index (χ1v) is 9.87. The van der Waals surface area contributed by atoms with Gasteiger partial charge in [0.05, 0.1) is 0 Å². The minimum Gasteiger partial charge on any atom is -0.356 e. The summed E-state index contributed by atoms with van der Waals surface area (Å²) < 4.78 is 2.26. The van der Waals surface area contributed by atoms with Crippen molar-refractivity contribution in [3.05, 3.63) is 60.4 Å². The molecule has 0 saturated heterocycles. The molecule has 0 unspecified atom stereocenters. The number of rotatable bonds is 8. The number of guanidine groups is 1. The lowest BCUT2D eigenvalue weighted by Crippen LogP contribution is -2.39. The molecule has 0 spiro atoms. The van der Waals surface area contributed by atoms with Crippen LogP contribution in [0.3, 0.4) is 0 Å². The molecule has 30 heavy (non-hydrogen) atoms. The summed E-state index contributed by atoms with van der Waals surface area (Å²) in [5.41, 5.74) is 2.13. The van der Waals surface area contributed by atoms with Gasteiger partial charge in [0, 0.05) is 50.5 Å². The van der Waals surface area contributed by atoms with E-state index in [0.717, 1.165) is 25.2 Å². The van der Waals surface area contributed by atoms with E-state index in [0.29, 0.717) is 24.7 Å². The van der Waals surface area contributed by atoms with Crippen LogP contribution in [0.1, 0.15) is 18.5 Å². The van der Waals surface area contributed by atoms with Gasteiger partial charge in [-0.25, -0.2) is 4.98 Å². The molecule has 8 heteroatoms. The van der Waals surface area contributed by atoms with Gasteiger partial charge < -0.3 is 20.5 Å². The summed E-state index contributed by atoms with van der Waals surface area (Å²) in [5, 5.41) is 10.5. The van der Waals surface area contributed by atoms with Gasteiger partial charge in [-0.2, -0.15) is 0 Å². The van der Waals surface area contributed by atoms with Gasteiger partial charge in [-0.05, 0) is 43.0 Å². The van der Waals surface area contributed by atoms with Crippen LogP contribution >= 0.6 is 24.0 Å². The summed E-state index contributed by atoms with van der Waals surface area (Å²) in [6, 6.07) is 16.1. The number of hydrogen-bond donors (Lipinski definition) is 3. The first-order chi connectivity index (χ1) is 14.2. The Morgan fingerprint density at radius 1 is 1.07 bits per heavy atom. The first-order valence-electron chi connectivity index (χ1n) is 9.87. The molecule has 1 amide bonds. The van der Waals surface area contributed by atoms with E-state index in [9.17, 15) is 4.79 Å². The molecule has 0 atom stereocenters. The Kier molecular flexibility index (Phi) is 9.59. The van der Waals surface area contributed by atoms with Crippen molar-refractivity contribution < 1.29 is 4.79 Å². The smallest absolute Gasteiger partial charge is 0.227 e. The summed E-state index contributed by atoms with van der Waals surface area (Å²) in [5.74, 6) is 1.20. The van der Waals surface area contributed by atoms with E-state index in [-0.39, 0.29) is 29.9 Å². The number of aromatic nitrogens is 2. The lowest BCUT2D eigenvalue weighted by atomic mass is 10.2. The number of carbonyl (C=O) groups is 1. The number of nitrogens with zero attached hydrogens (tertiary/aromatic N) is 3. The first kappa shape index (κ1) is 23.7. The van der Waals surface area contributed by atoms with E-state index in [2.05, 4.69) is 67.0 Å². The number of hydrogen-bond acceptors (Lipinski definition) is 3. The fraction of sp³-hybridized carbons (Fsp3) is 0.318. The van der Waals surface area contributed by atoms with Crippen LogP contribution in [0.5, 0.6) is 0 Å². The molecule has 3 aromatic rings. The SMILES string of the molecule is CN=C(NCCCn1ccc2ccccc21)NCCC(=O)Nc1cccc(C)n1.I. The highest BCUT2D eigenvalue weighted by Gasteiger charge is 2.05. The molecule has 0 bridgehead atoms. The fourth-order valence-electron chi connectivity index (χ4n) is 3.12. The molecule has 2 aromatic heterocycles. The predicted octanol–water partition coefficient (Wildman–Crippen LogP) is 3.55. The van der Waals surface area contributed by atoms with Gasteiger partial charge >= 0.3 is 0 Å². The number of aliphatic imine (C=N–C) groups is 1. The number of carbonyl (C=O) groups excluding carboxylic acids is 1. The van der Waals surface area contributed by atoms with Gasteiger partial charge in [-0.1, -0.05) is 24.3 Å². The second-order valence-electron chi connectivity index (χ2n) is 6.81. The van der Waals surface area contributed by atoms with Gasteiger partial charge in [0.15, 0.2) is 5.96 Å². The number of para-hydroxylation sites is 1. The van der Waals surface area contributed by atoms with E-state index in [1.807, 2.05) is 19.1 Å². The Hall–Kier alpha value is -2.62. The van der Waals surface area contributed by atoms with Crippen molar-refractivity contribution in [3.8, 4) is 0 Å². The molecule has 0 saturated carbocycles. The predicted molar refractivity (Wildman–Crippen MR) is 134 cm³/mol. The normalized spacial score (nSPS) is 11.1. The summed E-state index contributed by atoms with van der Waals surface area (Å²) >= 11 is 0. The van der Waals surface area contributed by atoms with Gasteiger partial charge in [-0.15, -0.1) is 24.0 Å². The lowest BCUT2D eigenvalue weighted by molar-refractivity contribution is -0.116. The Bertz CT molecular complexity index is 984. The molecule has 0 aliphatic carbocycles. The van der Waals surface area contributed by atoms with E-state index < -0.39 is 0 Å². The van der Waals surface area contributed by atoms with Gasteiger partial charge in [0.25, 0.3) is 0 Å². The van der Waals surface area contributed by atoms with Gasteiger partial charge in [0.1, 0.15) is 5.82 Å². The number of nitrogens with one attached hydrogen (secondary N) is 3. The van der Waals surface area contributed by atoms with Crippen LogP contribution in [-0.4, -0.2) is 41.6 Å². The zero-order chi connectivity index (χ0) is 20.5. The third-order valence-corrected chi connectivity index (χ3v) is 4.57. The number of fused-ring (bicyclic) bond motifs is 1. The van der Waals surface area contributed by atoms with Gasteiger partial charge in [0.2, 0.25) is 5.91 Å². The quantitative estimate of drug-likeness (QED) is 0.184. The molecular weight excluding hydrogens is 491 g/mol. The average Bonchev–Trinajstić information content (AvgIpc) is 3.13. The van der Waals surface area contributed by atoms with Crippen molar-refractivity contribution in [2.45, 2.75) is 26.3 Å². The van der Waals surface area contributed by atoms with Crippen LogP contribution in [0, 0.1) is 6.92 Å². The van der Waals surface area contributed by atoms with Crippen LogP contribution in [-0.2, 0) is 11.3 Å². The van der Waals surface area contributed by atoms with E-state index in [1.165, 1.54) is 10.9 Å². The third-order valence-electron chi connectivity index (χ3n) is 4.57. The Morgan fingerprint density at radius 2 is 1.87 bits per heavy atom. The number of halogens is 1. The highest BCUT2D eigenvalue weighted by molar-refractivity contribution is 14.0. The molecule has 1 aromatic carbocycles. The largest absolute Gasteiger partial charge is 0.356 e. The Morgan fingerprint density at radius 3 is 2.67 bits per heavy atom.